The second-order valence-electron chi connectivity index (χ2n) is 11.2. The third kappa shape index (κ3) is 8.06. The molecule has 4 atom stereocenters. The van der Waals surface area contributed by atoms with Gasteiger partial charge in [-0.1, -0.05) is 36.7 Å². The highest BCUT2D eigenvalue weighted by molar-refractivity contribution is 7.88. The van der Waals surface area contributed by atoms with Crippen LogP contribution < -0.4 is 16.4 Å². The highest BCUT2D eigenvalue weighted by Gasteiger charge is 2.36. The first-order valence-electron chi connectivity index (χ1n) is 14.5. The van der Waals surface area contributed by atoms with E-state index in [1.807, 2.05) is 19.1 Å². The molecule has 0 aliphatic carbocycles. The van der Waals surface area contributed by atoms with Crippen LogP contribution >= 0.6 is 11.6 Å². The van der Waals surface area contributed by atoms with E-state index in [9.17, 15) is 13.2 Å². The lowest BCUT2D eigenvalue weighted by Gasteiger charge is -2.40. The van der Waals surface area contributed by atoms with E-state index in [1.165, 1.54) is 12.3 Å². The molecule has 0 saturated carbocycles. The average Bonchev–Trinajstić information content (AvgIpc) is 2.95. The Morgan fingerprint density at radius 3 is 2.51 bits per heavy atom. The highest BCUT2D eigenvalue weighted by atomic mass is 35.5. The zero-order chi connectivity index (χ0) is 29.6. The van der Waals surface area contributed by atoms with Crippen LogP contribution in [0.25, 0.3) is 0 Å². The number of hydrogen-bond acceptors (Lipinski definition) is 6. The molecular formula is C30H42ClFN4O4S. The van der Waals surface area contributed by atoms with E-state index < -0.39 is 21.9 Å². The zero-order valence-corrected chi connectivity index (χ0v) is 25.4. The van der Waals surface area contributed by atoms with Gasteiger partial charge in [-0.2, -0.15) is 4.31 Å². The van der Waals surface area contributed by atoms with Crippen molar-refractivity contribution in [2.75, 3.05) is 37.9 Å². The van der Waals surface area contributed by atoms with Gasteiger partial charge in [-0.25, -0.2) is 12.8 Å². The number of sulfonamides is 1. The number of nitrogens with two attached hydrogens (primary N) is 1. The van der Waals surface area contributed by atoms with Crippen molar-refractivity contribution in [2.24, 2.45) is 11.7 Å². The van der Waals surface area contributed by atoms with Crippen LogP contribution in [0.4, 0.5) is 10.1 Å². The maximum atomic E-state index is 15.1. The molecule has 11 heteroatoms. The minimum absolute atomic E-state index is 0.0992. The summed E-state index contributed by atoms with van der Waals surface area (Å²) in [6, 6.07) is 10.9. The molecular weight excluding hydrogens is 567 g/mol. The third-order valence-corrected chi connectivity index (χ3v) is 10.0. The lowest BCUT2D eigenvalue weighted by atomic mass is 9.76. The molecule has 226 valence electrons. The van der Waals surface area contributed by atoms with Crippen molar-refractivity contribution in [2.45, 2.75) is 69.5 Å². The van der Waals surface area contributed by atoms with Gasteiger partial charge in [-0.05, 0) is 74.3 Å². The molecule has 4 rings (SSSR count). The quantitative estimate of drug-likeness (QED) is 0.351. The maximum Gasteiger partial charge on any atom is 0.241 e. The van der Waals surface area contributed by atoms with E-state index >= 15 is 4.39 Å². The molecule has 41 heavy (non-hydrogen) atoms. The maximum absolute atomic E-state index is 15.1. The number of anilines is 1. The van der Waals surface area contributed by atoms with E-state index in [0.717, 1.165) is 18.4 Å². The van der Waals surface area contributed by atoms with Crippen LogP contribution in [0, 0.1) is 11.7 Å². The summed E-state index contributed by atoms with van der Waals surface area (Å²) in [6.45, 7) is 4.38. The van der Waals surface area contributed by atoms with Crippen molar-refractivity contribution in [1.29, 1.82) is 0 Å². The summed E-state index contributed by atoms with van der Waals surface area (Å²) in [4.78, 5) is 13.5. The Bertz CT molecular complexity index is 1270. The number of carbonyl (C=O) groups excluding carboxylic acids is 1. The Kier molecular flexibility index (Phi) is 11.2. The molecule has 2 fully saturated rings. The number of benzene rings is 2. The third-order valence-electron chi connectivity index (χ3n) is 8.39. The second-order valence-corrected chi connectivity index (χ2v) is 13.5. The summed E-state index contributed by atoms with van der Waals surface area (Å²) in [5.41, 5.74) is 8.35. The average molecular weight is 609 g/mol. The van der Waals surface area contributed by atoms with Gasteiger partial charge in [0.05, 0.1) is 12.3 Å². The van der Waals surface area contributed by atoms with Crippen LogP contribution in [0.2, 0.25) is 5.02 Å². The number of ether oxygens (including phenoxy) is 1. The SMILES string of the molecule is CC[C@@H]1CNC[C@H](CCCc2c(F)cccc2NC(=O)[C@@H](N)[C@@H](c2ccc(Cl)cc2)C2CCOCC2)N1S(C)(=O)=O. The summed E-state index contributed by atoms with van der Waals surface area (Å²) in [7, 11) is -3.38. The van der Waals surface area contributed by atoms with Gasteiger partial charge in [-0.3, -0.25) is 4.79 Å². The first-order chi connectivity index (χ1) is 19.6. The molecule has 0 unspecified atom stereocenters. The summed E-state index contributed by atoms with van der Waals surface area (Å²) in [5, 5.41) is 6.85. The van der Waals surface area contributed by atoms with E-state index in [2.05, 4.69) is 10.6 Å². The molecule has 2 saturated heterocycles. The fourth-order valence-corrected chi connectivity index (χ4v) is 7.96. The van der Waals surface area contributed by atoms with Crippen molar-refractivity contribution >= 4 is 33.2 Å². The first kappa shape index (κ1) is 31.8. The van der Waals surface area contributed by atoms with Crippen LogP contribution in [0.5, 0.6) is 0 Å². The van der Waals surface area contributed by atoms with E-state index in [-0.39, 0.29) is 29.8 Å². The molecule has 0 aromatic heterocycles. The zero-order valence-electron chi connectivity index (χ0n) is 23.8. The molecule has 1 amide bonds. The van der Waals surface area contributed by atoms with E-state index in [1.54, 1.807) is 28.6 Å². The van der Waals surface area contributed by atoms with Gasteiger partial charge < -0.3 is 21.1 Å². The van der Waals surface area contributed by atoms with Gasteiger partial charge >= 0.3 is 0 Å². The summed E-state index contributed by atoms with van der Waals surface area (Å²) in [5.74, 6) is -0.885. The van der Waals surface area contributed by atoms with Gasteiger partial charge in [0.25, 0.3) is 0 Å². The van der Waals surface area contributed by atoms with Crippen molar-refractivity contribution in [3.05, 3.63) is 64.4 Å². The van der Waals surface area contributed by atoms with Crippen molar-refractivity contribution in [3.63, 3.8) is 0 Å². The molecule has 4 N–H and O–H groups in total. The lowest BCUT2D eigenvalue weighted by molar-refractivity contribution is -0.118. The molecule has 2 aromatic rings. The number of nitrogens with zero attached hydrogens (tertiary/aromatic N) is 1. The molecule has 8 nitrogen and oxygen atoms in total. The minimum Gasteiger partial charge on any atom is -0.381 e. The van der Waals surface area contributed by atoms with Gasteiger partial charge in [0, 0.05) is 60.6 Å². The lowest BCUT2D eigenvalue weighted by Crippen LogP contribution is -2.58. The second kappa shape index (κ2) is 14.4. The normalized spacial score (nSPS) is 22.3. The predicted molar refractivity (Wildman–Crippen MR) is 161 cm³/mol. The van der Waals surface area contributed by atoms with Crippen molar-refractivity contribution in [3.8, 4) is 0 Å². The topological polar surface area (TPSA) is 114 Å². The van der Waals surface area contributed by atoms with E-state index in [4.69, 9.17) is 22.1 Å². The molecule has 0 radical (unpaired) electrons. The summed E-state index contributed by atoms with van der Waals surface area (Å²) < 4.78 is 47.3. The van der Waals surface area contributed by atoms with Crippen molar-refractivity contribution < 1.29 is 22.3 Å². The number of amides is 1. The van der Waals surface area contributed by atoms with Crippen LogP contribution in [0.1, 0.15) is 56.1 Å². The van der Waals surface area contributed by atoms with Crippen LogP contribution in [-0.2, 0) is 26.0 Å². The number of nitrogens with one attached hydrogen (secondary N) is 2. The molecule has 0 bridgehead atoms. The van der Waals surface area contributed by atoms with E-state index in [0.29, 0.717) is 68.3 Å². The van der Waals surface area contributed by atoms with Crippen LogP contribution in [-0.4, -0.2) is 69.3 Å². The minimum atomic E-state index is -3.38. The number of carbonyl (C=O) groups is 1. The van der Waals surface area contributed by atoms with Gasteiger partial charge in [0.15, 0.2) is 0 Å². The van der Waals surface area contributed by atoms with Crippen LogP contribution in [0.3, 0.4) is 0 Å². The van der Waals surface area contributed by atoms with Crippen LogP contribution in [0.15, 0.2) is 42.5 Å². The van der Waals surface area contributed by atoms with Gasteiger partial charge in [-0.15, -0.1) is 0 Å². The summed E-state index contributed by atoms with van der Waals surface area (Å²) in [6.07, 6.45) is 5.02. The summed E-state index contributed by atoms with van der Waals surface area (Å²) >= 11 is 6.12. The Hall–Kier alpha value is -2.08. The molecule has 0 spiro atoms. The highest BCUT2D eigenvalue weighted by Crippen LogP contribution is 2.35. The Morgan fingerprint density at radius 2 is 1.85 bits per heavy atom. The van der Waals surface area contributed by atoms with Gasteiger partial charge in [0.2, 0.25) is 15.9 Å². The molecule has 2 aromatic carbocycles. The Labute approximate surface area is 248 Å². The predicted octanol–water partition coefficient (Wildman–Crippen LogP) is 4.29. The Balaban J connectivity index is 1.48. The first-order valence-corrected chi connectivity index (χ1v) is 16.7. The smallest absolute Gasteiger partial charge is 0.241 e. The largest absolute Gasteiger partial charge is 0.381 e. The molecule has 2 heterocycles. The standard InChI is InChI=1S/C30H42ClFN4O4S/c1-3-23-18-34-19-24(36(23)41(2,38)39)6-4-7-25-26(32)8-5-9-27(25)35-30(37)29(33)28(21-14-16-40-17-15-21)20-10-12-22(31)13-11-20/h5,8-13,21,23-24,28-29,34H,3-4,6-7,14-19,33H2,1-2H3,(H,35,37)/t23-,24+,28+,29+/m1/s1. The van der Waals surface area contributed by atoms with Gasteiger partial charge in [0.1, 0.15) is 5.82 Å². The number of rotatable bonds is 11. The fourth-order valence-electron chi connectivity index (χ4n) is 6.35. The monoisotopic (exact) mass is 608 g/mol. The molecule has 2 aliphatic heterocycles. The van der Waals surface area contributed by atoms with Crippen molar-refractivity contribution in [1.82, 2.24) is 9.62 Å². The molecule has 2 aliphatic rings. The number of hydrogen-bond donors (Lipinski definition) is 3. The fraction of sp³-hybridized carbons (Fsp3) is 0.567. The Morgan fingerprint density at radius 1 is 1.17 bits per heavy atom. The number of halogens is 2. The number of piperazine rings is 1.